The van der Waals surface area contributed by atoms with Crippen molar-refractivity contribution in [3.63, 3.8) is 0 Å². The van der Waals surface area contributed by atoms with Crippen molar-refractivity contribution in [3.8, 4) is 0 Å². The molecule has 5 nitrogen and oxygen atoms in total. The Morgan fingerprint density at radius 3 is 3.00 bits per heavy atom. The van der Waals surface area contributed by atoms with Crippen LogP contribution in [-0.2, 0) is 17.9 Å². The van der Waals surface area contributed by atoms with Crippen molar-refractivity contribution >= 4 is 0 Å². The highest BCUT2D eigenvalue weighted by Gasteiger charge is 2.14. The van der Waals surface area contributed by atoms with Gasteiger partial charge in [-0.3, -0.25) is 14.3 Å². The van der Waals surface area contributed by atoms with Gasteiger partial charge in [0, 0.05) is 17.7 Å². The zero-order valence-corrected chi connectivity index (χ0v) is 7.29. The highest BCUT2D eigenvalue weighted by atomic mass is 16.5. The van der Waals surface area contributed by atoms with Crippen LogP contribution in [0.15, 0.2) is 9.59 Å². The average molecular weight is 182 g/mol. The van der Waals surface area contributed by atoms with E-state index in [9.17, 15) is 9.59 Å². The molecule has 1 aromatic rings. The van der Waals surface area contributed by atoms with E-state index in [0.29, 0.717) is 18.6 Å². The highest BCUT2D eigenvalue weighted by molar-refractivity contribution is 5.16. The van der Waals surface area contributed by atoms with E-state index in [4.69, 9.17) is 4.74 Å². The number of rotatable bonds is 0. The molecule has 1 aromatic heterocycles. The molecule has 1 aliphatic heterocycles. The van der Waals surface area contributed by atoms with Crippen LogP contribution in [0.4, 0.5) is 0 Å². The third kappa shape index (κ3) is 1.21. The standard InChI is InChI=1S/C8H10N2O3/c1-5-6-2-3-13-4-10(6)8(12)9-7(5)11/h2-4H2,1H3,(H,9,11,12). The van der Waals surface area contributed by atoms with Gasteiger partial charge in [0.25, 0.3) is 5.56 Å². The largest absolute Gasteiger partial charge is 0.360 e. The molecule has 13 heavy (non-hydrogen) atoms. The Morgan fingerprint density at radius 1 is 1.46 bits per heavy atom. The van der Waals surface area contributed by atoms with Gasteiger partial charge in [0.15, 0.2) is 0 Å². The number of nitrogens with zero attached hydrogens (tertiary/aromatic N) is 1. The summed E-state index contributed by atoms with van der Waals surface area (Å²) >= 11 is 0. The quantitative estimate of drug-likeness (QED) is 0.581. The molecule has 0 aromatic carbocycles. The molecule has 70 valence electrons. The van der Waals surface area contributed by atoms with E-state index in [1.807, 2.05) is 0 Å². The second-order valence-corrected chi connectivity index (χ2v) is 3.05. The third-order valence-corrected chi connectivity index (χ3v) is 2.27. The SMILES string of the molecule is Cc1c2n(c(=O)[nH]c1=O)COCC2. The van der Waals surface area contributed by atoms with Crippen molar-refractivity contribution in [2.75, 3.05) is 6.61 Å². The van der Waals surface area contributed by atoms with Crippen LogP contribution in [0.3, 0.4) is 0 Å². The molecular weight excluding hydrogens is 172 g/mol. The lowest BCUT2D eigenvalue weighted by Gasteiger charge is -2.19. The lowest BCUT2D eigenvalue weighted by Crippen LogP contribution is -2.37. The molecule has 1 N–H and O–H groups in total. The molecule has 0 unspecified atom stereocenters. The molecule has 2 heterocycles. The van der Waals surface area contributed by atoms with E-state index in [0.717, 1.165) is 5.69 Å². The first-order valence-electron chi connectivity index (χ1n) is 4.10. The Labute approximate surface area is 74.0 Å². The van der Waals surface area contributed by atoms with E-state index in [1.165, 1.54) is 4.57 Å². The Balaban J connectivity index is 2.77. The monoisotopic (exact) mass is 182 g/mol. The summed E-state index contributed by atoms with van der Waals surface area (Å²) in [7, 11) is 0. The normalized spacial score (nSPS) is 15.5. The van der Waals surface area contributed by atoms with Crippen LogP contribution in [0.25, 0.3) is 0 Å². The van der Waals surface area contributed by atoms with Gasteiger partial charge in [0.2, 0.25) is 0 Å². The van der Waals surface area contributed by atoms with Crippen molar-refractivity contribution < 1.29 is 4.74 Å². The van der Waals surface area contributed by atoms with Gasteiger partial charge in [-0.1, -0.05) is 0 Å². The molecule has 5 heteroatoms. The molecule has 2 rings (SSSR count). The maximum absolute atomic E-state index is 11.3. The molecule has 1 aliphatic rings. The van der Waals surface area contributed by atoms with E-state index in [-0.39, 0.29) is 18.0 Å². The number of fused-ring (bicyclic) bond motifs is 1. The predicted octanol–water partition coefficient (Wildman–Crippen LogP) is -0.625. The number of ether oxygens (including phenoxy) is 1. The summed E-state index contributed by atoms with van der Waals surface area (Å²) in [6.45, 7) is 2.53. The van der Waals surface area contributed by atoms with Crippen LogP contribution in [0, 0.1) is 6.92 Å². The molecular formula is C8H10N2O3. The fraction of sp³-hybridized carbons (Fsp3) is 0.500. The van der Waals surface area contributed by atoms with Gasteiger partial charge in [-0.05, 0) is 6.92 Å². The van der Waals surface area contributed by atoms with Gasteiger partial charge in [-0.15, -0.1) is 0 Å². The van der Waals surface area contributed by atoms with Crippen molar-refractivity contribution in [2.45, 2.75) is 20.1 Å². The predicted molar refractivity (Wildman–Crippen MR) is 45.7 cm³/mol. The van der Waals surface area contributed by atoms with E-state index < -0.39 is 0 Å². The third-order valence-electron chi connectivity index (χ3n) is 2.27. The smallest absolute Gasteiger partial charge is 0.330 e. The summed E-state index contributed by atoms with van der Waals surface area (Å²) in [5.41, 5.74) is 0.728. The fourth-order valence-electron chi connectivity index (χ4n) is 1.50. The summed E-state index contributed by atoms with van der Waals surface area (Å²) in [5.74, 6) is 0. The van der Waals surface area contributed by atoms with E-state index >= 15 is 0 Å². The lowest BCUT2D eigenvalue weighted by atomic mass is 10.2. The number of H-pyrrole nitrogens is 1. The van der Waals surface area contributed by atoms with Gasteiger partial charge in [-0.25, -0.2) is 4.79 Å². The molecule has 0 atom stereocenters. The van der Waals surface area contributed by atoms with Gasteiger partial charge < -0.3 is 4.74 Å². The molecule has 0 fully saturated rings. The zero-order chi connectivity index (χ0) is 9.42. The van der Waals surface area contributed by atoms with Crippen molar-refractivity contribution in [3.05, 3.63) is 32.1 Å². The first-order chi connectivity index (χ1) is 6.20. The first-order valence-corrected chi connectivity index (χ1v) is 4.10. The number of aromatic amines is 1. The van der Waals surface area contributed by atoms with Gasteiger partial charge in [0.05, 0.1) is 6.61 Å². The fourth-order valence-corrected chi connectivity index (χ4v) is 1.50. The van der Waals surface area contributed by atoms with E-state index in [2.05, 4.69) is 4.98 Å². The number of nitrogens with one attached hydrogen (secondary N) is 1. The summed E-state index contributed by atoms with van der Waals surface area (Å²) < 4.78 is 6.57. The van der Waals surface area contributed by atoms with Crippen LogP contribution >= 0.6 is 0 Å². The minimum Gasteiger partial charge on any atom is -0.360 e. The maximum Gasteiger partial charge on any atom is 0.330 e. The maximum atomic E-state index is 11.3. The van der Waals surface area contributed by atoms with Crippen molar-refractivity contribution in [1.82, 2.24) is 9.55 Å². The summed E-state index contributed by atoms with van der Waals surface area (Å²) in [6, 6.07) is 0. The zero-order valence-electron chi connectivity index (χ0n) is 7.29. The minimum atomic E-state index is -0.384. The summed E-state index contributed by atoms with van der Waals surface area (Å²) in [6.07, 6.45) is 0.630. The van der Waals surface area contributed by atoms with Crippen LogP contribution in [0.5, 0.6) is 0 Å². The topological polar surface area (TPSA) is 64.1 Å². The van der Waals surface area contributed by atoms with Crippen LogP contribution in [0.1, 0.15) is 11.3 Å². The van der Waals surface area contributed by atoms with Gasteiger partial charge >= 0.3 is 5.69 Å². The number of aromatic nitrogens is 2. The number of hydrogen-bond donors (Lipinski definition) is 1. The highest BCUT2D eigenvalue weighted by Crippen LogP contribution is 2.06. The lowest BCUT2D eigenvalue weighted by molar-refractivity contribution is 0.0521. The molecule has 0 bridgehead atoms. The minimum absolute atomic E-state index is 0.242. The van der Waals surface area contributed by atoms with E-state index in [1.54, 1.807) is 6.92 Å². The Kier molecular flexibility index (Phi) is 1.81. The van der Waals surface area contributed by atoms with Gasteiger partial charge in [-0.2, -0.15) is 0 Å². The second kappa shape index (κ2) is 2.85. The van der Waals surface area contributed by atoms with Crippen molar-refractivity contribution in [1.29, 1.82) is 0 Å². The molecule has 0 saturated heterocycles. The molecule has 0 radical (unpaired) electrons. The van der Waals surface area contributed by atoms with Crippen LogP contribution in [-0.4, -0.2) is 16.2 Å². The Hall–Kier alpha value is -1.36. The summed E-state index contributed by atoms with van der Waals surface area (Å²) in [5, 5.41) is 0. The van der Waals surface area contributed by atoms with Crippen molar-refractivity contribution in [2.24, 2.45) is 0 Å². The molecule has 0 aliphatic carbocycles. The number of hydrogen-bond acceptors (Lipinski definition) is 3. The van der Waals surface area contributed by atoms with Gasteiger partial charge in [0.1, 0.15) is 6.73 Å². The van der Waals surface area contributed by atoms with Crippen LogP contribution in [0.2, 0.25) is 0 Å². The first kappa shape index (κ1) is 8.25. The second-order valence-electron chi connectivity index (χ2n) is 3.05. The molecule has 0 amide bonds. The summed E-state index contributed by atoms with van der Waals surface area (Å²) in [4.78, 5) is 24.7. The Morgan fingerprint density at radius 2 is 2.23 bits per heavy atom. The molecule has 0 spiro atoms. The van der Waals surface area contributed by atoms with Crippen LogP contribution < -0.4 is 11.2 Å². The average Bonchev–Trinajstić information content (AvgIpc) is 2.15. The molecule has 0 saturated carbocycles. The Bertz CT molecular complexity index is 444.